The summed E-state index contributed by atoms with van der Waals surface area (Å²) in [5.74, 6) is 0.220. The third kappa shape index (κ3) is 3.35. The first-order valence-electron chi connectivity index (χ1n) is 8.22. The molecule has 8 heteroatoms. The van der Waals surface area contributed by atoms with Gasteiger partial charge in [0.1, 0.15) is 18.8 Å². The van der Waals surface area contributed by atoms with Crippen molar-refractivity contribution in [1.82, 2.24) is 10.9 Å². The molecule has 3 aromatic rings. The van der Waals surface area contributed by atoms with Crippen LogP contribution in [0.3, 0.4) is 0 Å². The van der Waals surface area contributed by atoms with Crippen LogP contribution in [0.1, 0.15) is 26.5 Å². The van der Waals surface area contributed by atoms with Crippen LogP contribution in [0, 0.1) is 6.92 Å². The van der Waals surface area contributed by atoms with Crippen LogP contribution in [0.2, 0.25) is 0 Å². The Labute approximate surface area is 162 Å². The summed E-state index contributed by atoms with van der Waals surface area (Å²) in [5, 5.41) is 0.827. The lowest BCUT2D eigenvalue weighted by atomic mass is 10.1. The highest BCUT2D eigenvalue weighted by atomic mass is 79.9. The number of amides is 2. The largest absolute Gasteiger partial charge is 0.486 e. The van der Waals surface area contributed by atoms with Crippen LogP contribution >= 0.6 is 15.9 Å². The molecule has 0 saturated carbocycles. The van der Waals surface area contributed by atoms with Crippen molar-refractivity contribution in [2.45, 2.75) is 6.92 Å². The Morgan fingerprint density at radius 1 is 0.963 bits per heavy atom. The maximum absolute atomic E-state index is 12.4. The summed E-state index contributed by atoms with van der Waals surface area (Å²) in [6.07, 6.45) is 0. The average Bonchev–Trinajstić information content (AvgIpc) is 3.01. The van der Waals surface area contributed by atoms with Crippen LogP contribution < -0.4 is 20.3 Å². The van der Waals surface area contributed by atoms with E-state index in [-0.39, 0.29) is 5.76 Å². The van der Waals surface area contributed by atoms with Crippen LogP contribution in [0.15, 0.2) is 45.3 Å². The Kier molecular flexibility index (Phi) is 4.49. The van der Waals surface area contributed by atoms with E-state index in [0.29, 0.717) is 41.4 Å². The number of hydrazine groups is 1. The van der Waals surface area contributed by atoms with E-state index in [1.54, 1.807) is 31.2 Å². The molecule has 27 heavy (non-hydrogen) atoms. The molecule has 0 aliphatic carbocycles. The van der Waals surface area contributed by atoms with Gasteiger partial charge in [0.15, 0.2) is 17.3 Å². The first-order chi connectivity index (χ1) is 13.0. The standard InChI is InChI=1S/C19H15BrN2O5/c1-10-13-9-12(20)3-5-14(13)27-17(10)19(24)22-21-18(23)11-2-4-15-16(8-11)26-7-6-25-15/h2-5,8-9H,6-7H2,1H3,(H,21,23)(H,22,24). The first-order valence-corrected chi connectivity index (χ1v) is 9.01. The molecule has 4 rings (SSSR count). The molecule has 0 radical (unpaired) electrons. The number of benzene rings is 2. The molecule has 0 spiro atoms. The zero-order valence-corrected chi connectivity index (χ0v) is 15.9. The van der Waals surface area contributed by atoms with E-state index >= 15 is 0 Å². The third-order valence-electron chi connectivity index (χ3n) is 4.20. The number of ether oxygens (including phenoxy) is 2. The molecule has 0 fully saturated rings. The molecule has 1 aliphatic heterocycles. The highest BCUT2D eigenvalue weighted by Gasteiger charge is 2.19. The number of hydrogen-bond acceptors (Lipinski definition) is 5. The molecule has 1 aliphatic rings. The van der Waals surface area contributed by atoms with Crippen molar-refractivity contribution in [2.24, 2.45) is 0 Å². The van der Waals surface area contributed by atoms with Crippen molar-refractivity contribution in [3.8, 4) is 11.5 Å². The summed E-state index contributed by atoms with van der Waals surface area (Å²) < 4.78 is 17.4. The first kappa shape index (κ1) is 17.4. The van der Waals surface area contributed by atoms with Crippen molar-refractivity contribution in [3.63, 3.8) is 0 Å². The Hall–Kier alpha value is -3.00. The summed E-state index contributed by atoms with van der Waals surface area (Å²) in [4.78, 5) is 24.7. The third-order valence-corrected chi connectivity index (χ3v) is 4.69. The normalized spacial score (nSPS) is 12.7. The van der Waals surface area contributed by atoms with Gasteiger partial charge in [-0.1, -0.05) is 15.9 Å². The fourth-order valence-electron chi connectivity index (χ4n) is 2.84. The fourth-order valence-corrected chi connectivity index (χ4v) is 3.20. The van der Waals surface area contributed by atoms with E-state index in [1.165, 1.54) is 0 Å². The van der Waals surface area contributed by atoms with Gasteiger partial charge < -0.3 is 13.9 Å². The number of fused-ring (bicyclic) bond motifs is 2. The predicted octanol–water partition coefficient (Wildman–Crippen LogP) is 3.35. The van der Waals surface area contributed by atoms with Crippen molar-refractivity contribution in [2.75, 3.05) is 13.2 Å². The van der Waals surface area contributed by atoms with Crippen LogP contribution in [-0.4, -0.2) is 25.0 Å². The second-order valence-corrected chi connectivity index (χ2v) is 6.88. The van der Waals surface area contributed by atoms with Crippen LogP contribution in [0.5, 0.6) is 11.5 Å². The SMILES string of the molecule is Cc1c(C(=O)NNC(=O)c2ccc3c(c2)OCCO3)oc2ccc(Br)cc12. The zero-order valence-electron chi connectivity index (χ0n) is 14.3. The van der Waals surface area contributed by atoms with Crippen LogP contribution in [0.25, 0.3) is 11.0 Å². The summed E-state index contributed by atoms with van der Waals surface area (Å²) in [7, 11) is 0. The lowest BCUT2D eigenvalue weighted by molar-refractivity contribution is 0.0831. The average molecular weight is 431 g/mol. The lowest BCUT2D eigenvalue weighted by Crippen LogP contribution is -2.41. The minimum absolute atomic E-state index is 0.144. The van der Waals surface area contributed by atoms with Gasteiger partial charge in [0.05, 0.1) is 0 Å². The highest BCUT2D eigenvalue weighted by molar-refractivity contribution is 9.10. The summed E-state index contributed by atoms with van der Waals surface area (Å²) in [6, 6.07) is 10.3. The molecule has 2 amide bonds. The van der Waals surface area contributed by atoms with E-state index in [2.05, 4.69) is 26.8 Å². The smallest absolute Gasteiger partial charge is 0.305 e. The van der Waals surface area contributed by atoms with E-state index in [4.69, 9.17) is 13.9 Å². The maximum Gasteiger partial charge on any atom is 0.305 e. The minimum atomic E-state index is -0.536. The molecule has 0 saturated heterocycles. The molecule has 2 heterocycles. The highest BCUT2D eigenvalue weighted by Crippen LogP contribution is 2.31. The van der Waals surface area contributed by atoms with E-state index in [0.717, 1.165) is 9.86 Å². The number of hydrogen-bond donors (Lipinski definition) is 2. The van der Waals surface area contributed by atoms with Gasteiger partial charge in [-0.3, -0.25) is 20.4 Å². The van der Waals surface area contributed by atoms with Crippen molar-refractivity contribution < 1.29 is 23.5 Å². The van der Waals surface area contributed by atoms with Crippen molar-refractivity contribution >= 4 is 38.7 Å². The molecule has 0 bridgehead atoms. The molecule has 7 nitrogen and oxygen atoms in total. The Morgan fingerprint density at radius 3 is 2.52 bits per heavy atom. The quantitative estimate of drug-likeness (QED) is 0.608. The van der Waals surface area contributed by atoms with Gasteiger partial charge in [-0.05, 0) is 43.3 Å². The van der Waals surface area contributed by atoms with Gasteiger partial charge in [-0.2, -0.15) is 0 Å². The van der Waals surface area contributed by atoms with Gasteiger partial charge in [-0.25, -0.2) is 0 Å². The molecule has 2 aromatic carbocycles. The Bertz CT molecular complexity index is 1060. The molecule has 0 unspecified atom stereocenters. The summed E-state index contributed by atoms with van der Waals surface area (Å²) in [6.45, 7) is 2.69. The molecule has 2 N–H and O–H groups in total. The fraction of sp³-hybridized carbons (Fsp3) is 0.158. The number of rotatable bonds is 2. The maximum atomic E-state index is 12.4. The summed E-state index contributed by atoms with van der Waals surface area (Å²) >= 11 is 3.40. The van der Waals surface area contributed by atoms with E-state index < -0.39 is 11.8 Å². The lowest BCUT2D eigenvalue weighted by Gasteiger charge is -2.18. The molecule has 138 valence electrons. The topological polar surface area (TPSA) is 89.8 Å². The van der Waals surface area contributed by atoms with Crippen LogP contribution in [0.4, 0.5) is 0 Å². The monoisotopic (exact) mass is 430 g/mol. The van der Waals surface area contributed by atoms with Crippen molar-refractivity contribution in [3.05, 3.63) is 57.8 Å². The second-order valence-electron chi connectivity index (χ2n) is 5.96. The van der Waals surface area contributed by atoms with Crippen LogP contribution in [-0.2, 0) is 0 Å². The van der Waals surface area contributed by atoms with Gasteiger partial charge in [0.2, 0.25) is 0 Å². The van der Waals surface area contributed by atoms with E-state index in [1.807, 2.05) is 12.1 Å². The number of aryl methyl sites for hydroxylation is 1. The minimum Gasteiger partial charge on any atom is -0.486 e. The predicted molar refractivity (Wildman–Crippen MR) is 101 cm³/mol. The second kappa shape index (κ2) is 6.96. The molecular weight excluding hydrogens is 416 g/mol. The molecule has 1 aromatic heterocycles. The number of halogens is 1. The number of carbonyl (C=O) groups is 2. The Balaban J connectivity index is 1.48. The van der Waals surface area contributed by atoms with Gasteiger partial charge in [0, 0.05) is 21.0 Å². The Morgan fingerprint density at radius 2 is 1.70 bits per heavy atom. The van der Waals surface area contributed by atoms with Gasteiger partial charge in [0.25, 0.3) is 5.91 Å². The van der Waals surface area contributed by atoms with E-state index in [9.17, 15) is 9.59 Å². The van der Waals surface area contributed by atoms with Gasteiger partial charge in [-0.15, -0.1) is 0 Å². The number of furan rings is 1. The van der Waals surface area contributed by atoms with Gasteiger partial charge >= 0.3 is 5.91 Å². The number of carbonyl (C=O) groups excluding carboxylic acids is 2. The summed E-state index contributed by atoms with van der Waals surface area (Å²) in [5.41, 5.74) is 6.39. The molecular formula is C19H15BrN2O5. The molecule has 0 atom stereocenters. The van der Waals surface area contributed by atoms with Crippen molar-refractivity contribution in [1.29, 1.82) is 0 Å². The number of nitrogens with one attached hydrogen (secondary N) is 2. The zero-order chi connectivity index (χ0) is 19.0.